The highest BCUT2D eigenvalue weighted by molar-refractivity contribution is 7.99. The molecule has 0 aliphatic carbocycles. The van der Waals surface area contributed by atoms with Gasteiger partial charge in [0.15, 0.2) is 0 Å². The zero-order chi connectivity index (χ0) is 14.4. The van der Waals surface area contributed by atoms with E-state index in [9.17, 15) is 9.59 Å². The Morgan fingerprint density at radius 1 is 1.53 bits per heavy atom. The highest BCUT2D eigenvalue weighted by Gasteiger charge is 2.21. The molecule has 0 radical (unpaired) electrons. The molecule has 0 unspecified atom stereocenters. The molecule has 1 amide bonds. The Labute approximate surface area is 119 Å². The molecule has 7 heteroatoms. The summed E-state index contributed by atoms with van der Waals surface area (Å²) in [6, 6.07) is 2.01. The van der Waals surface area contributed by atoms with Gasteiger partial charge in [0.2, 0.25) is 5.91 Å². The second kappa shape index (κ2) is 7.16. The van der Waals surface area contributed by atoms with Crippen molar-refractivity contribution >= 4 is 40.0 Å². The summed E-state index contributed by atoms with van der Waals surface area (Å²) in [4.78, 5) is 23.6. The van der Waals surface area contributed by atoms with Crippen molar-refractivity contribution in [2.75, 3.05) is 23.9 Å². The molecule has 1 heterocycles. The van der Waals surface area contributed by atoms with Crippen LogP contribution in [0, 0.1) is 18.3 Å². The lowest BCUT2D eigenvalue weighted by Crippen LogP contribution is -2.13. The number of esters is 1. The van der Waals surface area contributed by atoms with E-state index in [-0.39, 0.29) is 12.5 Å². The Hall–Kier alpha value is -1.52. The standard InChI is InChI=1S/C12H14N2O3S2/c1-4-17-12(16)10-7(2)8(5-13)11(19-10)14-9(15)6-18-3/h4,6H2,1-3H3,(H,14,15). The van der Waals surface area contributed by atoms with Crippen LogP contribution >= 0.6 is 23.1 Å². The van der Waals surface area contributed by atoms with Gasteiger partial charge in [0.05, 0.1) is 17.9 Å². The van der Waals surface area contributed by atoms with Crippen LogP contribution in [0.4, 0.5) is 5.00 Å². The molecule has 1 N–H and O–H groups in total. The molecule has 0 bridgehead atoms. The minimum atomic E-state index is -0.466. The van der Waals surface area contributed by atoms with E-state index in [4.69, 9.17) is 10.00 Å². The van der Waals surface area contributed by atoms with Gasteiger partial charge in [0.1, 0.15) is 15.9 Å². The highest BCUT2D eigenvalue weighted by Crippen LogP contribution is 2.33. The van der Waals surface area contributed by atoms with E-state index in [1.54, 1.807) is 13.8 Å². The van der Waals surface area contributed by atoms with Crippen LogP contribution in [0.1, 0.15) is 27.7 Å². The number of anilines is 1. The summed E-state index contributed by atoms with van der Waals surface area (Å²) in [6.07, 6.45) is 1.81. The number of ether oxygens (including phenoxy) is 1. The van der Waals surface area contributed by atoms with Crippen LogP contribution in [0.3, 0.4) is 0 Å². The molecule has 0 aromatic carbocycles. The van der Waals surface area contributed by atoms with Gasteiger partial charge in [-0.2, -0.15) is 17.0 Å². The van der Waals surface area contributed by atoms with E-state index < -0.39 is 5.97 Å². The zero-order valence-electron chi connectivity index (χ0n) is 10.9. The first-order chi connectivity index (χ1) is 9.04. The number of hydrogen-bond donors (Lipinski definition) is 1. The molecule has 1 rings (SSSR count). The first-order valence-electron chi connectivity index (χ1n) is 5.54. The van der Waals surface area contributed by atoms with E-state index in [1.165, 1.54) is 11.8 Å². The number of nitrogens with zero attached hydrogens (tertiary/aromatic N) is 1. The average Bonchev–Trinajstić information content (AvgIpc) is 2.66. The number of rotatable bonds is 5. The topological polar surface area (TPSA) is 79.2 Å². The van der Waals surface area contributed by atoms with Crippen molar-refractivity contribution in [3.63, 3.8) is 0 Å². The molecule has 5 nitrogen and oxygen atoms in total. The SMILES string of the molecule is CCOC(=O)c1sc(NC(=O)CSC)c(C#N)c1C. The number of thioether (sulfide) groups is 1. The fourth-order valence-electron chi connectivity index (χ4n) is 1.42. The molecular weight excluding hydrogens is 284 g/mol. The predicted molar refractivity (Wildman–Crippen MR) is 76.7 cm³/mol. The van der Waals surface area contributed by atoms with Crippen LogP contribution in [0.2, 0.25) is 0 Å². The molecule has 0 fully saturated rings. The summed E-state index contributed by atoms with van der Waals surface area (Å²) in [5.41, 5.74) is 0.868. The first kappa shape index (κ1) is 15.5. The minimum Gasteiger partial charge on any atom is -0.462 e. The molecule has 19 heavy (non-hydrogen) atoms. The van der Waals surface area contributed by atoms with Crippen LogP contribution in [-0.2, 0) is 9.53 Å². The van der Waals surface area contributed by atoms with Crippen LogP contribution in [0.5, 0.6) is 0 Å². The van der Waals surface area contributed by atoms with Crippen molar-refractivity contribution in [1.29, 1.82) is 5.26 Å². The summed E-state index contributed by atoms with van der Waals surface area (Å²) in [6.45, 7) is 3.66. The van der Waals surface area contributed by atoms with Gasteiger partial charge in [-0.1, -0.05) is 0 Å². The van der Waals surface area contributed by atoms with Crippen molar-refractivity contribution in [3.05, 3.63) is 16.0 Å². The largest absolute Gasteiger partial charge is 0.462 e. The third-order valence-electron chi connectivity index (χ3n) is 2.25. The lowest BCUT2D eigenvalue weighted by Gasteiger charge is -2.00. The van der Waals surface area contributed by atoms with Gasteiger partial charge in [-0.25, -0.2) is 4.79 Å². The smallest absolute Gasteiger partial charge is 0.348 e. The number of amides is 1. The summed E-state index contributed by atoms with van der Waals surface area (Å²) in [7, 11) is 0. The average molecular weight is 298 g/mol. The third-order valence-corrected chi connectivity index (χ3v) is 3.99. The molecular formula is C12H14N2O3S2. The first-order valence-corrected chi connectivity index (χ1v) is 7.75. The molecule has 0 saturated carbocycles. The highest BCUT2D eigenvalue weighted by atomic mass is 32.2. The van der Waals surface area contributed by atoms with Gasteiger partial charge in [0.25, 0.3) is 0 Å². The van der Waals surface area contributed by atoms with E-state index in [1.807, 2.05) is 12.3 Å². The fraction of sp³-hybridized carbons (Fsp3) is 0.417. The van der Waals surface area contributed by atoms with Crippen LogP contribution < -0.4 is 5.32 Å². The number of carbonyl (C=O) groups is 2. The Morgan fingerprint density at radius 3 is 2.74 bits per heavy atom. The lowest BCUT2D eigenvalue weighted by molar-refractivity contribution is -0.113. The van der Waals surface area contributed by atoms with Crippen LogP contribution in [0.25, 0.3) is 0 Å². The van der Waals surface area contributed by atoms with Gasteiger partial charge in [-0.05, 0) is 25.7 Å². The number of carbonyl (C=O) groups excluding carboxylic acids is 2. The lowest BCUT2D eigenvalue weighted by atomic mass is 10.2. The van der Waals surface area contributed by atoms with Crippen molar-refractivity contribution in [2.24, 2.45) is 0 Å². The minimum absolute atomic E-state index is 0.194. The van der Waals surface area contributed by atoms with Crippen LogP contribution in [-0.4, -0.2) is 30.5 Å². The van der Waals surface area contributed by atoms with Gasteiger partial charge in [-0.15, -0.1) is 11.3 Å². The maximum absolute atomic E-state index is 11.7. The monoisotopic (exact) mass is 298 g/mol. The number of nitriles is 1. The van der Waals surface area contributed by atoms with Crippen molar-refractivity contribution in [1.82, 2.24) is 0 Å². The number of thiophene rings is 1. The van der Waals surface area contributed by atoms with Gasteiger partial charge in [0, 0.05) is 0 Å². The van der Waals surface area contributed by atoms with Crippen molar-refractivity contribution in [2.45, 2.75) is 13.8 Å². The second-order valence-corrected chi connectivity index (χ2v) is 5.46. The Kier molecular flexibility index (Phi) is 5.86. The molecule has 0 spiro atoms. The van der Waals surface area contributed by atoms with E-state index in [0.717, 1.165) is 11.3 Å². The normalized spacial score (nSPS) is 9.79. The summed E-state index contributed by atoms with van der Waals surface area (Å²) in [5.74, 6) is -0.358. The molecule has 0 saturated heterocycles. The molecule has 0 aliphatic rings. The Bertz CT molecular complexity index is 532. The maximum atomic E-state index is 11.7. The Morgan fingerprint density at radius 2 is 2.21 bits per heavy atom. The van der Waals surface area contributed by atoms with E-state index >= 15 is 0 Å². The zero-order valence-corrected chi connectivity index (χ0v) is 12.5. The summed E-state index contributed by atoms with van der Waals surface area (Å²) < 4.78 is 4.92. The van der Waals surface area contributed by atoms with Gasteiger partial charge in [-0.3, -0.25) is 4.79 Å². The summed E-state index contributed by atoms with van der Waals surface area (Å²) >= 11 is 2.46. The number of hydrogen-bond acceptors (Lipinski definition) is 6. The van der Waals surface area contributed by atoms with Crippen molar-refractivity contribution in [3.8, 4) is 6.07 Å². The van der Waals surface area contributed by atoms with Crippen LogP contribution in [0.15, 0.2) is 0 Å². The number of nitrogens with one attached hydrogen (secondary N) is 1. The molecule has 102 valence electrons. The third kappa shape index (κ3) is 3.72. The summed E-state index contributed by atoms with van der Waals surface area (Å²) in [5, 5.41) is 12.2. The molecule has 1 aromatic rings. The van der Waals surface area contributed by atoms with E-state index in [2.05, 4.69) is 5.32 Å². The molecule has 0 aliphatic heterocycles. The fourth-order valence-corrected chi connectivity index (χ4v) is 2.82. The molecule has 0 atom stereocenters. The quantitative estimate of drug-likeness (QED) is 0.844. The van der Waals surface area contributed by atoms with Crippen molar-refractivity contribution < 1.29 is 14.3 Å². The maximum Gasteiger partial charge on any atom is 0.348 e. The second-order valence-electron chi connectivity index (χ2n) is 3.57. The Balaban J connectivity index is 3.06. The van der Waals surface area contributed by atoms with Gasteiger partial charge >= 0.3 is 5.97 Å². The van der Waals surface area contributed by atoms with Gasteiger partial charge < -0.3 is 10.1 Å². The molecule has 1 aromatic heterocycles. The predicted octanol–water partition coefficient (Wildman–Crippen LogP) is 2.41. The van der Waals surface area contributed by atoms with E-state index in [0.29, 0.717) is 26.8 Å².